The van der Waals surface area contributed by atoms with E-state index in [9.17, 15) is 14.4 Å². The van der Waals surface area contributed by atoms with Gasteiger partial charge in [0.05, 0.1) is 33.0 Å². The second-order valence-electron chi connectivity index (χ2n) is 9.80. The van der Waals surface area contributed by atoms with Crippen molar-refractivity contribution < 1.29 is 9.59 Å². The smallest absolute Gasteiger partial charge is 0.333 e. The third-order valence-corrected chi connectivity index (χ3v) is 7.50. The first-order valence-electron chi connectivity index (χ1n) is 12.6. The van der Waals surface area contributed by atoms with Crippen LogP contribution in [0.3, 0.4) is 0 Å². The minimum atomic E-state index is -0.147. The van der Waals surface area contributed by atoms with E-state index in [0.29, 0.717) is 34.3 Å². The fourth-order valence-corrected chi connectivity index (χ4v) is 5.39. The zero-order valence-electron chi connectivity index (χ0n) is 20.9. The number of rotatable bonds is 6. The molecule has 0 aliphatic heterocycles. The Morgan fingerprint density at radius 2 is 1.70 bits per heavy atom. The Kier molecular flexibility index (Phi) is 6.98. The summed E-state index contributed by atoms with van der Waals surface area (Å²) in [5.74, 6) is 0.179. The van der Waals surface area contributed by atoms with E-state index in [2.05, 4.69) is 10.3 Å². The van der Waals surface area contributed by atoms with Gasteiger partial charge in [-0.05, 0) is 87.9 Å². The summed E-state index contributed by atoms with van der Waals surface area (Å²) in [6.45, 7) is 3.95. The summed E-state index contributed by atoms with van der Waals surface area (Å²) in [5, 5.41) is 3.58. The van der Waals surface area contributed by atoms with E-state index in [-0.39, 0.29) is 23.4 Å². The molecule has 8 heteroatoms. The molecule has 0 bridgehead atoms. The lowest BCUT2D eigenvalue weighted by Gasteiger charge is -2.29. The number of benzene rings is 2. The molecule has 7 nitrogen and oxygen atoms in total. The third kappa shape index (κ3) is 5.09. The van der Waals surface area contributed by atoms with E-state index in [1.54, 1.807) is 35.9 Å². The minimum Gasteiger partial charge on any atom is -0.349 e. The van der Waals surface area contributed by atoms with Crippen LogP contribution in [0.25, 0.3) is 16.7 Å². The summed E-state index contributed by atoms with van der Waals surface area (Å²) in [4.78, 5) is 42.2. The largest absolute Gasteiger partial charge is 0.349 e. The number of Topliss-reactive ketones (excluding diaryl/α,β-unsaturated/α-hetero) is 1. The number of ketones is 1. The molecule has 1 saturated carbocycles. The maximum atomic E-state index is 13.6. The number of pyridine rings is 1. The molecule has 4 aromatic rings. The number of hydrogen-bond acceptors (Lipinski definition) is 4. The van der Waals surface area contributed by atoms with Crippen LogP contribution in [0.15, 0.2) is 65.6 Å². The normalized spacial score (nSPS) is 17.6. The number of nitrogens with zero attached hydrogens (tertiary/aromatic N) is 3. The van der Waals surface area contributed by atoms with Crippen molar-refractivity contribution in [2.75, 3.05) is 0 Å². The highest BCUT2D eigenvalue weighted by Crippen LogP contribution is 2.28. The Bertz CT molecular complexity index is 1530. The number of aromatic nitrogens is 3. The average molecular weight is 517 g/mol. The minimum absolute atomic E-state index is 0.00696. The van der Waals surface area contributed by atoms with Gasteiger partial charge in [-0.1, -0.05) is 23.7 Å². The van der Waals surface area contributed by atoms with Crippen LogP contribution in [0.1, 0.15) is 59.0 Å². The number of hydrogen-bond donors (Lipinski definition) is 1. The molecule has 2 aromatic heterocycles. The van der Waals surface area contributed by atoms with Crippen LogP contribution in [0.4, 0.5) is 0 Å². The second kappa shape index (κ2) is 10.3. The zero-order valence-corrected chi connectivity index (χ0v) is 21.7. The van der Waals surface area contributed by atoms with Gasteiger partial charge in [0.1, 0.15) is 0 Å². The van der Waals surface area contributed by atoms with Gasteiger partial charge < -0.3 is 5.32 Å². The van der Waals surface area contributed by atoms with Crippen molar-refractivity contribution in [2.24, 2.45) is 5.92 Å². The van der Waals surface area contributed by atoms with Crippen molar-refractivity contribution in [3.8, 4) is 5.69 Å². The van der Waals surface area contributed by atoms with Gasteiger partial charge in [-0.25, -0.2) is 4.79 Å². The van der Waals surface area contributed by atoms with Crippen molar-refractivity contribution in [1.29, 1.82) is 0 Å². The Morgan fingerprint density at radius 3 is 2.38 bits per heavy atom. The predicted octanol–water partition coefficient (Wildman–Crippen LogP) is 5.34. The number of para-hydroxylation sites is 2. The standard InChI is InChI=1S/C29H29ClN4O3/c1-18-25(15-22(30)16-31-18)28(36)32-23-11-7-20(8-12-23)17-33-26-5-3-4-6-27(26)34(29(33)37)24-13-9-21(10-14-24)19(2)35/h3-6,9-10,13-16,20,23H,7-8,11-12,17H2,1-2H3,(H,32,36). The molecular weight excluding hydrogens is 488 g/mol. The Balaban J connectivity index is 1.31. The highest BCUT2D eigenvalue weighted by molar-refractivity contribution is 6.30. The summed E-state index contributed by atoms with van der Waals surface area (Å²) < 4.78 is 3.57. The predicted molar refractivity (Wildman–Crippen MR) is 145 cm³/mol. The molecule has 0 saturated heterocycles. The highest BCUT2D eigenvalue weighted by atomic mass is 35.5. The highest BCUT2D eigenvalue weighted by Gasteiger charge is 2.25. The van der Waals surface area contributed by atoms with E-state index >= 15 is 0 Å². The molecule has 1 N–H and O–H groups in total. The van der Waals surface area contributed by atoms with E-state index in [1.165, 1.54) is 6.92 Å². The molecule has 0 atom stereocenters. The number of carbonyl (C=O) groups is 2. The van der Waals surface area contributed by atoms with Crippen molar-refractivity contribution in [1.82, 2.24) is 19.4 Å². The Morgan fingerprint density at radius 1 is 1.03 bits per heavy atom. The lowest BCUT2D eigenvalue weighted by atomic mass is 9.85. The quantitative estimate of drug-likeness (QED) is 0.350. The van der Waals surface area contributed by atoms with Crippen molar-refractivity contribution in [2.45, 2.75) is 52.1 Å². The molecule has 2 heterocycles. The topological polar surface area (TPSA) is 86.0 Å². The number of fused-ring (bicyclic) bond motifs is 1. The number of imidazole rings is 1. The van der Waals surface area contributed by atoms with Gasteiger partial charge in [0.15, 0.2) is 5.78 Å². The molecule has 1 aliphatic carbocycles. The fraction of sp³-hybridized carbons (Fsp3) is 0.310. The number of carbonyl (C=O) groups excluding carboxylic acids is 2. The summed E-state index contributed by atoms with van der Waals surface area (Å²) >= 11 is 6.03. The van der Waals surface area contributed by atoms with E-state index in [1.807, 2.05) is 41.0 Å². The molecule has 1 fully saturated rings. The van der Waals surface area contributed by atoms with Crippen molar-refractivity contribution in [3.63, 3.8) is 0 Å². The first kappa shape index (κ1) is 25.0. The first-order chi connectivity index (χ1) is 17.8. The van der Waals surface area contributed by atoms with Gasteiger partial charge in [0.2, 0.25) is 0 Å². The van der Waals surface area contributed by atoms with Gasteiger partial charge in [-0.2, -0.15) is 0 Å². The zero-order chi connectivity index (χ0) is 26.1. The number of halogens is 1. The molecule has 0 spiro atoms. The molecule has 0 radical (unpaired) electrons. The number of nitrogens with one attached hydrogen (secondary N) is 1. The van der Waals surface area contributed by atoms with Crippen molar-refractivity contribution in [3.05, 3.63) is 93.1 Å². The fourth-order valence-electron chi connectivity index (χ4n) is 5.23. The molecule has 5 rings (SSSR count). The molecule has 190 valence electrons. The van der Waals surface area contributed by atoms with Gasteiger partial charge in [-0.3, -0.25) is 23.7 Å². The van der Waals surface area contributed by atoms with Gasteiger partial charge in [0.25, 0.3) is 5.91 Å². The van der Waals surface area contributed by atoms with Crippen LogP contribution in [0.5, 0.6) is 0 Å². The molecule has 1 aliphatic rings. The van der Waals surface area contributed by atoms with Crippen LogP contribution in [0.2, 0.25) is 5.02 Å². The van der Waals surface area contributed by atoms with Gasteiger partial charge >= 0.3 is 5.69 Å². The third-order valence-electron chi connectivity index (χ3n) is 7.29. The van der Waals surface area contributed by atoms with Crippen LogP contribution in [0, 0.1) is 12.8 Å². The number of amides is 1. The lowest BCUT2D eigenvalue weighted by molar-refractivity contribution is 0.0918. The second-order valence-corrected chi connectivity index (χ2v) is 10.2. The average Bonchev–Trinajstić information content (AvgIpc) is 3.17. The van der Waals surface area contributed by atoms with Crippen LogP contribution >= 0.6 is 11.6 Å². The summed E-state index contributed by atoms with van der Waals surface area (Å²) in [5.41, 5.74) is 4.16. The van der Waals surface area contributed by atoms with E-state index in [4.69, 9.17) is 11.6 Å². The molecule has 2 aromatic carbocycles. The van der Waals surface area contributed by atoms with E-state index in [0.717, 1.165) is 42.4 Å². The summed E-state index contributed by atoms with van der Waals surface area (Å²) in [7, 11) is 0. The van der Waals surface area contributed by atoms with E-state index < -0.39 is 0 Å². The monoisotopic (exact) mass is 516 g/mol. The Labute approximate surface area is 220 Å². The maximum absolute atomic E-state index is 13.6. The summed E-state index contributed by atoms with van der Waals surface area (Å²) in [6.07, 6.45) is 5.07. The van der Waals surface area contributed by atoms with Crippen molar-refractivity contribution >= 4 is 34.3 Å². The van der Waals surface area contributed by atoms with Gasteiger partial charge in [0, 0.05) is 24.3 Å². The number of aryl methyl sites for hydroxylation is 1. The SMILES string of the molecule is CC(=O)c1ccc(-n2c(=O)n(CC3CCC(NC(=O)c4cc(Cl)cnc4C)CC3)c3ccccc32)cc1. The molecule has 0 unspecified atom stereocenters. The molecule has 1 amide bonds. The Hall–Kier alpha value is -3.71. The van der Waals surface area contributed by atoms with Crippen LogP contribution < -0.4 is 11.0 Å². The lowest BCUT2D eigenvalue weighted by Crippen LogP contribution is -2.39. The maximum Gasteiger partial charge on any atom is 0.333 e. The van der Waals surface area contributed by atoms with Crippen LogP contribution in [-0.2, 0) is 6.54 Å². The molecular formula is C29H29ClN4O3. The van der Waals surface area contributed by atoms with Crippen LogP contribution in [-0.4, -0.2) is 31.9 Å². The summed E-state index contributed by atoms with van der Waals surface area (Å²) in [6, 6.07) is 16.7. The molecule has 37 heavy (non-hydrogen) atoms. The van der Waals surface area contributed by atoms with Gasteiger partial charge in [-0.15, -0.1) is 0 Å². The first-order valence-corrected chi connectivity index (χ1v) is 12.9.